The molecule has 4 nitrogen and oxygen atoms in total. The van der Waals surface area contributed by atoms with Crippen molar-refractivity contribution in [3.05, 3.63) is 64.8 Å². The lowest BCUT2D eigenvalue weighted by molar-refractivity contribution is 0.0691. The molecular weight excluding hydrogens is 332 g/mol. The molecule has 0 saturated carbocycles. The molecule has 0 unspecified atom stereocenters. The molecule has 2 N–H and O–H groups in total. The zero-order chi connectivity index (χ0) is 14.8. The monoisotopic (exact) mass is 342 g/mol. The second kappa shape index (κ2) is 5.54. The van der Waals surface area contributed by atoms with E-state index >= 15 is 0 Å². The van der Waals surface area contributed by atoms with Gasteiger partial charge in [-0.25, -0.2) is 9.78 Å². The summed E-state index contributed by atoms with van der Waals surface area (Å²) in [5, 5.41) is 14.1. The molecule has 0 aliphatic carbocycles. The van der Waals surface area contributed by atoms with E-state index in [0.29, 0.717) is 5.82 Å². The van der Waals surface area contributed by atoms with E-state index in [4.69, 9.17) is 0 Å². The van der Waals surface area contributed by atoms with E-state index in [1.165, 1.54) is 0 Å². The Morgan fingerprint density at radius 3 is 2.52 bits per heavy atom. The maximum absolute atomic E-state index is 11.2. The van der Waals surface area contributed by atoms with Gasteiger partial charge >= 0.3 is 5.97 Å². The number of aromatic nitrogens is 1. The number of hydrogen-bond acceptors (Lipinski definition) is 3. The van der Waals surface area contributed by atoms with Gasteiger partial charge < -0.3 is 10.4 Å². The summed E-state index contributed by atoms with van der Waals surface area (Å²) < 4.78 is 0.977. The van der Waals surface area contributed by atoms with Gasteiger partial charge in [-0.15, -0.1) is 0 Å². The number of hydrogen-bond donors (Lipinski definition) is 2. The number of nitrogens with one attached hydrogen (secondary N) is 1. The lowest BCUT2D eigenvalue weighted by atomic mass is 10.1. The molecule has 104 valence electrons. The third-order valence-corrected chi connectivity index (χ3v) is 3.60. The van der Waals surface area contributed by atoms with Crippen LogP contribution in [-0.2, 0) is 0 Å². The fraction of sp³-hybridized carbons (Fsp3) is 0. The van der Waals surface area contributed by atoms with Crippen molar-refractivity contribution in [1.82, 2.24) is 4.98 Å². The molecular formula is C16H11BrN2O2. The average Bonchev–Trinajstić information content (AvgIpc) is 2.49. The normalized spacial score (nSPS) is 10.5. The van der Waals surface area contributed by atoms with E-state index in [2.05, 4.69) is 26.2 Å². The molecule has 0 saturated heterocycles. The zero-order valence-electron chi connectivity index (χ0n) is 10.9. The van der Waals surface area contributed by atoms with Gasteiger partial charge in [0.05, 0.1) is 0 Å². The minimum Gasteiger partial charge on any atom is -0.477 e. The third kappa shape index (κ3) is 2.87. The van der Waals surface area contributed by atoms with Gasteiger partial charge in [-0.05, 0) is 35.7 Å². The fourth-order valence-corrected chi connectivity index (χ4v) is 2.34. The van der Waals surface area contributed by atoms with E-state index in [9.17, 15) is 9.90 Å². The first-order valence-electron chi connectivity index (χ1n) is 6.29. The minimum atomic E-state index is -1.04. The van der Waals surface area contributed by atoms with E-state index in [1.807, 2.05) is 48.5 Å². The Morgan fingerprint density at radius 1 is 1.10 bits per heavy atom. The van der Waals surface area contributed by atoms with Crippen LogP contribution in [0.15, 0.2) is 59.1 Å². The van der Waals surface area contributed by atoms with Crippen molar-refractivity contribution < 1.29 is 9.90 Å². The Kier molecular flexibility index (Phi) is 3.58. The molecule has 1 heterocycles. The first-order valence-corrected chi connectivity index (χ1v) is 7.08. The van der Waals surface area contributed by atoms with Crippen molar-refractivity contribution in [2.75, 3.05) is 5.32 Å². The number of carboxylic acids is 1. The molecule has 2 aromatic carbocycles. The van der Waals surface area contributed by atoms with Gasteiger partial charge in [0.25, 0.3) is 0 Å². The molecule has 3 rings (SSSR count). The summed E-state index contributed by atoms with van der Waals surface area (Å²) in [4.78, 5) is 15.4. The highest BCUT2D eigenvalue weighted by Crippen LogP contribution is 2.26. The Bertz CT molecular complexity index is 816. The molecule has 0 amide bonds. The zero-order valence-corrected chi connectivity index (χ0v) is 12.5. The van der Waals surface area contributed by atoms with Crippen LogP contribution in [-0.4, -0.2) is 16.1 Å². The first-order chi connectivity index (χ1) is 10.1. The largest absolute Gasteiger partial charge is 0.477 e. The predicted octanol–water partition coefficient (Wildman–Crippen LogP) is 4.44. The summed E-state index contributed by atoms with van der Waals surface area (Å²) in [6.07, 6.45) is 0. The number of pyridine rings is 1. The summed E-state index contributed by atoms with van der Waals surface area (Å²) in [7, 11) is 0. The highest BCUT2D eigenvalue weighted by molar-refractivity contribution is 9.10. The molecule has 0 aliphatic heterocycles. The molecule has 3 aromatic rings. The Labute approximate surface area is 129 Å². The smallest absolute Gasteiger partial charge is 0.354 e. The number of fused-ring (bicyclic) bond motifs is 1. The second-order valence-corrected chi connectivity index (χ2v) is 5.43. The van der Waals surface area contributed by atoms with Crippen molar-refractivity contribution in [2.24, 2.45) is 0 Å². The van der Waals surface area contributed by atoms with Crippen molar-refractivity contribution >= 4 is 44.2 Å². The first kappa shape index (κ1) is 13.6. The SMILES string of the molecule is O=C(O)c1cc2ccccc2c(Nc2ccc(Br)cc2)n1. The van der Waals surface area contributed by atoms with E-state index in [0.717, 1.165) is 20.9 Å². The summed E-state index contributed by atoms with van der Waals surface area (Å²) >= 11 is 3.38. The maximum Gasteiger partial charge on any atom is 0.354 e. The number of halogens is 1. The van der Waals surface area contributed by atoms with Gasteiger partial charge in [0.1, 0.15) is 5.82 Å². The predicted molar refractivity (Wildman–Crippen MR) is 86.1 cm³/mol. The molecule has 0 atom stereocenters. The molecule has 5 heteroatoms. The van der Waals surface area contributed by atoms with Crippen LogP contribution in [0.25, 0.3) is 10.8 Å². The van der Waals surface area contributed by atoms with Crippen molar-refractivity contribution in [3.63, 3.8) is 0 Å². The number of nitrogens with zero attached hydrogens (tertiary/aromatic N) is 1. The minimum absolute atomic E-state index is 0.0216. The van der Waals surface area contributed by atoms with Crippen LogP contribution < -0.4 is 5.32 Å². The van der Waals surface area contributed by atoms with Crippen molar-refractivity contribution in [2.45, 2.75) is 0 Å². The van der Waals surface area contributed by atoms with E-state index in [-0.39, 0.29) is 5.69 Å². The van der Waals surface area contributed by atoms with Crippen LogP contribution in [0.3, 0.4) is 0 Å². The van der Waals surface area contributed by atoms with Gasteiger partial charge in [-0.2, -0.15) is 0 Å². The molecule has 1 aromatic heterocycles. The lowest BCUT2D eigenvalue weighted by Crippen LogP contribution is -2.04. The van der Waals surface area contributed by atoms with Gasteiger partial charge in [-0.3, -0.25) is 0 Å². The maximum atomic E-state index is 11.2. The quantitative estimate of drug-likeness (QED) is 0.738. The fourth-order valence-electron chi connectivity index (χ4n) is 2.07. The topological polar surface area (TPSA) is 62.2 Å². The molecule has 21 heavy (non-hydrogen) atoms. The Morgan fingerprint density at radius 2 is 1.81 bits per heavy atom. The molecule has 0 spiro atoms. The average molecular weight is 343 g/mol. The van der Waals surface area contributed by atoms with E-state index in [1.54, 1.807) is 6.07 Å². The highest BCUT2D eigenvalue weighted by Gasteiger charge is 2.10. The standard InChI is InChI=1S/C16H11BrN2O2/c17-11-5-7-12(8-6-11)18-15-13-4-2-1-3-10(13)9-14(19-15)16(20)21/h1-9H,(H,18,19)(H,20,21). The lowest BCUT2D eigenvalue weighted by Gasteiger charge is -2.10. The number of carbonyl (C=O) groups is 1. The summed E-state index contributed by atoms with van der Waals surface area (Å²) in [5.74, 6) is -0.507. The van der Waals surface area contributed by atoms with Crippen molar-refractivity contribution in [1.29, 1.82) is 0 Å². The van der Waals surface area contributed by atoms with Crippen LogP contribution in [0.5, 0.6) is 0 Å². The Balaban J connectivity index is 2.11. The van der Waals surface area contributed by atoms with E-state index < -0.39 is 5.97 Å². The van der Waals surface area contributed by atoms with Gasteiger partial charge in [0, 0.05) is 15.5 Å². The number of aromatic carboxylic acids is 1. The van der Waals surface area contributed by atoms with Crippen LogP contribution in [0.1, 0.15) is 10.5 Å². The van der Waals surface area contributed by atoms with Gasteiger partial charge in [0.2, 0.25) is 0 Å². The molecule has 0 bridgehead atoms. The highest BCUT2D eigenvalue weighted by atomic mass is 79.9. The van der Waals surface area contributed by atoms with Crippen molar-refractivity contribution in [3.8, 4) is 0 Å². The number of carboxylic acid groups (broad SMARTS) is 1. The van der Waals surface area contributed by atoms with Crippen LogP contribution >= 0.6 is 15.9 Å². The summed E-state index contributed by atoms with van der Waals surface area (Å²) in [5.41, 5.74) is 0.867. The van der Waals surface area contributed by atoms with Crippen LogP contribution in [0.4, 0.5) is 11.5 Å². The molecule has 0 fully saturated rings. The van der Waals surface area contributed by atoms with Crippen LogP contribution in [0.2, 0.25) is 0 Å². The number of anilines is 2. The number of rotatable bonds is 3. The third-order valence-electron chi connectivity index (χ3n) is 3.07. The summed E-state index contributed by atoms with van der Waals surface area (Å²) in [6.45, 7) is 0. The van der Waals surface area contributed by atoms with Gasteiger partial charge in [0.15, 0.2) is 5.69 Å². The number of benzene rings is 2. The van der Waals surface area contributed by atoms with Gasteiger partial charge in [-0.1, -0.05) is 40.2 Å². The summed E-state index contributed by atoms with van der Waals surface area (Å²) in [6, 6.07) is 16.7. The Hall–Kier alpha value is -2.40. The second-order valence-electron chi connectivity index (χ2n) is 4.51. The molecule has 0 radical (unpaired) electrons. The van der Waals surface area contributed by atoms with Crippen LogP contribution in [0, 0.1) is 0 Å². The molecule has 0 aliphatic rings.